The van der Waals surface area contributed by atoms with Crippen LogP contribution < -0.4 is 10.5 Å². The second kappa shape index (κ2) is 5.83. The van der Waals surface area contributed by atoms with Gasteiger partial charge >= 0.3 is 0 Å². The number of hydrogen-bond acceptors (Lipinski definition) is 5. The minimum absolute atomic E-state index is 0.207. The van der Waals surface area contributed by atoms with Gasteiger partial charge in [-0.05, 0) is 43.7 Å². The fourth-order valence-electron chi connectivity index (χ4n) is 2.04. The summed E-state index contributed by atoms with van der Waals surface area (Å²) >= 11 is 0. The summed E-state index contributed by atoms with van der Waals surface area (Å²) < 4.78 is 28.9. The van der Waals surface area contributed by atoms with Crippen molar-refractivity contribution >= 4 is 9.84 Å². The van der Waals surface area contributed by atoms with Gasteiger partial charge in [0.05, 0.1) is 4.90 Å². The Morgan fingerprint density at radius 1 is 1.24 bits per heavy atom. The Kier molecular flexibility index (Phi) is 4.29. The van der Waals surface area contributed by atoms with Gasteiger partial charge in [0.2, 0.25) is 5.88 Å². The van der Waals surface area contributed by atoms with Gasteiger partial charge in [-0.2, -0.15) is 0 Å². The van der Waals surface area contributed by atoms with Crippen LogP contribution in [0.5, 0.6) is 11.6 Å². The summed E-state index contributed by atoms with van der Waals surface area (Å²) in [5, 5.41) is 0. The Balaban J connectivity index is 2.43. The molecule has 0 aliphatic carbocycles. The highest BCUT2D eigenvalue weighted by Crippen LogP contribution is 2.27. The van der Waals surface area contributed by atoms with Gasteiger partial charge < -0.3 is 10.5 Å². The van der Waals surface area contributed by atoms with Gasteiger partial charge in [-0.3, -0.25) is 0 Å². The lowest BCUT2D eigenvalue weighted by atomic mass is 10.1. The molecule has 2 aromatic rings. The van der Waals surface area contributed by atoms with Crippen LogP contribution in [-0.2, 0) is 16.4 Å². The van der Waals surface area contributed by atoms with Crippen LogP contribution in [0.4, 0.5) is 0 Å². The Morgan fingerprint density at radius 3 is 2.57 bits per heavy atom. The van der Waals surface area contributed by atoms with Crippen LogP contribution in [0.15, 0.2) is 35.2 Å². The summed E-state index contributed by atoms with van der Waals surface area (Å²) in [4.78, 5) is 4.55. The maximum Gasteiger partial charge on any atom is 0.224 e. The van der Waals surface area contributed by atoms with Crippen molar-refractivity contribution < 1.29 is 13.2 Å². The molecule has 112 valence electrons. The number of aryl methyl sites for hydroxylation is 2. The standard InChI is InChI=1S/C15H18N2O3S/c1-10-7-11(2)17-15(14(10)9-16)20-12-5-4-6-13(8-12)21(3,18)19/h4-8H,9,16H2,1-3H3. The summed E-state index contributed by atoms with van der Waals surface area (Å²) in [6.07, 6.45) is 1.16. The first-order valence-corrected chi connectivity index (χ1v) is 8.35. The van der Waals surface area contributed by atoms with E-state index in [9.17, 15) is 8.42 Å². The van der Waals surface area contributed by atoms with E-state index in [1.54, 1.807) is 12.1 Å². The molecule has 0 fully saturated rings. The van der Waals surface area contributed by atoms with Crippen molar-refractivity contribution in [3.05, 3.63) is 47.2 Å². The van der Waals surface area contributed by atoms with Crippen LogP contribution >= 0.6 is 0 Å². The van der Waals surface area contributed by atoms with Crippen molar-refractivity contribution in [1.82, 2.24) is 4.98 Å². The molecule has 6 heteroatoms. The number of pyridine rings is 1. The fraction of sp³-hybridized carbons (Fsp3) is 0.267. The van der Waals surface area contributed by atoms with Crippen molar-refractivity contribution in [2.45, 2.75) is 25.3 Å². The van der Waals surface area contributed by atoms with Crippen LogP contribution in [0, 0.1) is 13.8 Å². The first kappa shape index (κ1) is 15.5. The van der Waals surface area contributed by atoms with E-state index in [0.717, 1.165) is 23.1 Å². The number of hydrogen-bond donors (Lipinski definition) is 1. The number of sulfone groups is 1. The Morgan fingerprint density at radius 2 is 1.95 bits per heavy atom. The molecule has 2 rings (SSSR count). The highest BCUT2D eigenvalue weighted by Gasteiger charge is 2.12. The monoisotopic (exact) mass is 306 g/mol. The van der Waals surface area contributed by atoms with Gasteiger partial charge in [-0.1, -0.05) is 6.07 Å². The SMILES string of the molecule is Cc1cc(C)c(CN)c(Oc2cccc(S(C)(=O)=O)c2)n1. The predicted octanol–water partition coefficient (Wildman–Crippen LogP) is 2.35. The number of benzene rings is 1. The van der Waals surface area contributed by atoms with Crippen LogP contribution in [0.2, 0.25) is 0 Å². The molecule has 0 bridgehead atoms. The van der Waals surface area contributed by atoms with Gasteiger partial charge in [0, 0.05) is 24.1 Å². The average molecular weight is 306 g/mol. The Hall–Kier alpha value is -1.92. The van der Waals surface area contributed by atoms with Crippen molar-refractivity contribution in [2.75, 3.05) is 6.26 Å². The minimum atomic E-state index is -3.27. The number of rotatable bonds is 4. The number of ether oxygens (including phenoxy) is 1. The summed E-state index contributed by atoms with van der Waals surface area (Å²) in [5.41, 5.74) is 8.37. The second-order valence-electron chi connectivity index (χ2n) is 4.92. The molecule has 0 atom stereocenters. The molecular formula is C15H18N2O3S. The Bertz CT molecular complexity index is 770. The minimum Gasteiger partial charge on any atom is -0.439 e. The van der Waals surface area contributed by atoms with Gasteiger partial charge in [-0.15, -0.1) is 0 Å². The van der Waals surface area contributed by atoms with Gasteiger partial charge in [0.25, 0.3) is 0 Å². The molecule has 1 aromatic carbocycles. The number of nitrogens with two attached hydrogens (primary N) is 1. The molecule has 0 unspecified atom stereocenters. The van der Waals surface area contributed by atoms with E-state index in [2.05, 4.69) is 4.98 Å². The van der Waals surface area contributed by atoms with Gasteiger partial charge in [0.1, 0.15) is 5.75 Å². The molecule has 5 nitrogen and oxygen atoms in total. The molecule has 0 aliphatic rings. The number of aromatic nitrogens is 1. The first-order chi connectivity index (χ1) is 9.81. The molecule has 0 spiro atoms. The van der Waals surface area contributed by atoms with E-state index < -0.39 is 9.84 Å². The van der Waals surface area contributed by atoms with Crippen molar-refractivity contribution in [2.24, 2.45) is 5.73 Å². The van der Waals surface area contributed by atoms with E-state index >= 15 is 0 Å². The van der Waals surface area contributed by atoms with E-state index in [-0.39, 0.29) is 4.90 Å². The molecule has 21 heavy (non-hydrogen) atoms. The maximum absolute atomic E-state index is 11.6. The molecule has 1 heterocycles. The summed E-state index contributed by atoms with van der Waals surface area (Å²) in [6, 6.07) is 8.27. The molecule has 0 amide bonds. The smallest absolute Gasteiger partial charge is 0.224 e. The van der Waals surface area contributed by atoms with Crippen LogP contribution in [-0.4, -0.2) is 19.7 Å². The predicted molar refractivity (Wildman–Crippen MR) is 81.2 cm³/mol. The lowest BCUT2D eigenvalue weighted by Crippen LogP contribution is -2.05. The van der Waals surface area contributed by atoms with Crippen molar-refractivity contribution in [1.29, 1.82) is 0 Å². The largest absolute Gasteiger partial charge is 0.439 e. The van der Waals surface area contributed by atoms with Crippen molar-refractivity contribution in [3.63, 3.8) is 0 Å². The first-order valence-electron chi connectivity index (χ1n) is 6.46. The third-order valence-corrected chi connectivity index (χ3v) is 4.20. The van der Waals surface area contributed by atoms with Gasteiger partial charge in [0.15, 0.2) is 9.84 Å². The zero-order valence-corrected chi connectivity index (χ0v) is 13.1. The molecule has 2 N–H and O–H groups in total. The molecule has 1 aromatic heterocycles. The van der Waals surface area contributed by atoms with Gasteiger partial charge in [-0.25, -0.2) is 13.4 Å². The summed E-state index contributed by atoms with van der Waals surface area (Å²) in [7, 11) is -3.27. The number of nitrogens with zero attached hydrogens (tertiary/aromatic N) is 1. The average Bonchev–Trinajstić information content (AvgIpc) is 2.37. The van der Waals surface area contributed by atoms with Crippen molar-refractivity contribution in [3.8, 4) is 11.6 Å². The van der Waals surface area contributed by atoms with Crippen LogP contribution in [0.1, 0.15) is 16.8 Å². The van der Waals surface area contributed by atoms with E-state index in [1.807, 2.05) is 19.9 Å². The Labute approximate surface area is 124 Å². The zero-order valence-electron chi connectivity index (χ0n) is 12.3. The highest BCUT2D eigenvalue weighted by molar-refractivity contribution is 7.90. The third kappa shape index (κ3) is 3.59. The van der Waals surface area contributed by atoms with E-state index in [1.165, 1.54) is 12.1 Å². The molecule has 0 radical (unpaired) electrons. The summed E-state index contributed by atoms with van der Waals surface area (Å²) in [6.45, 7) is 4.12. The molecular weight excluding hydrogens is 288 g/mol. The topological polar surface area (TPSA) is 82.3 Å². The zero-order chi connectivity index (χ0) is 15.6. The molecule has 0 saturated carbocycles. The van der Waals surface area contributed by atoms with E-state index in [0.29, 0.717) is 18.2 Å². The fourth-order valence-corrected chi connectivity index (χ4v) is 2.70. The highest BCUT2D eigenvalue weighted by atomic mass is 32.2. The lowest BCUT2D eigenvalue weighted by Gasteiger charge is -2.13. The normalized spacial score (nSPS) is 11.4. The van der Waals surface area contributed by atoms with E-state index in [4.69, 9.17) is 10.5 Å². The second-order valence-corrected chi connectivity index (χ2v) is 6.93. The van der Waals surface area contributed by atoms with Crippen LogP contribution in [0.25, 0.3) is 0 Å². The lowest BCUT2D eigenvalue weighted by molar-refractivity contribution is 0.452. The van der Waals surface area contributed by atoms with Crippen LogP contribution in [0.3, 0.4) is 0 Å². The third-order valence-electron chi connectivity index (χ3n) is 3.09. The maximum atomic E-state index is 11.6. The summed E-state index contributed by atoms with van der Waals surface area (Å²) in [5.74, 6) is 0.839. The molecule has 0 aliphatic heterocycles. The quantitative estimate of drug-likeness (QED) is 0.937. The molecule has 0 saturated heterocycles.